The molecular weight excluding hydrogens is 410 g/mol. The van der Waals surface area contributed by atoms with Gasteiger partial charge in [0.25, 0.3) is 0 Å². The lowest BCUT2D eigenvalue weighted by Crippen LogP contribution is -2.58. The Morgan fingerprint density at radius 3 is 2.12 bits per heavy atom. The molecule has 32 heavy (non-hydrogen) atoms. The number of rotatable bonds is 6. The van der Waals surface area contributed by atoms with Crippen molar-refractivity contribution in [3.8, 4) is 17.2 Å². The van der Waals surface area contributed by atoms with Crippen LogP contribution in [0.3, 0.4) is 0 Å². The van der Waals surface area contributed by atoms with E-state index in [-0.39, 0.29) is 24.8 Å². The normalized spacial score (nSPS) is 24.6. The van der Waals surface area contributed by atoms with Gasteiger partial charge in [-0.15, -0.1) is 0 Å². The van der Waals surface area contributed by atoms with E-state index in [4.69, 9.17) is 18.9 Å². The fourth-order valence-electron chi connectivity index (χ4n) is 5.11. The molecule has 0 radical (unpaired) electrons. The molecular formula is C25H31NO6. The van der Waals surface area contributed by atoms with Gasteiger partial charge in [0.15, 0.2) is 11.5 Å². The van der Waals surface area contributed by atoms with Gasteiger partial charge in [-0.05, 0) is 42.5 Å². The number of nitrogens with zero attached hydrogens (tertiary/aromatic N) is 1. The lowest BCUT2D eigenvalue weighted by Gasteiger charge is -2.51. The quantitative estimate of drug-likeness (QED) is 0.722. The van der Waals surface area contributed by atoms with E-state index in [1.807, 2.05) is 35.2 Å². The molecule has 2 saturated heterocycles. The summed E-state index contributed by atoms with van der Waals surface area (Å²) in [6, 6.07) is 13.1. The Morgan fingerprint density at radius 1 is 1.00 bits per heavy atom. The molecule has 172 valence electrons. The number of hydrogen-bond donors (Lipinski definition) is 1. The van der Waals surface area contributed by atoms with E-state index in [9.17, 15) is 9.90 Å². The molecule has 0 saturated carbocycles. The summed E-state index contributed by atoms with van der Waals surface area (Å²) in [5, 5.41) is 11.7. The Hall–Kier alpha value is -2.93. The molecule has 2 fully saturated rings. The molecule has 2 heterocycles. The summed E-state index contributed by atoms with van der Waals surface area (Å²) in [7, 11) is 4.68. The maximum atomic E-state index is 13.0. The van der Waals surface area contributed by atoms with Crippen LogP contribution in [-0.2, 0) is 16.9 Å². The van der Waals surface area contributed by atoms with Gasteiger partial charge in [0.05, 0.1) is 26.9 Å². The second kappa shape index (κ2) is 9.28. The smallest absolute Gasteiger partial charge is 0.410 e. The summed E-state index contributed by atoms with van der Waals surface area (Å²) in [4.78, 5) is 14.8. The van der Waals surface area contributed by atoms with Crippen LogP contribution in [0.4, 0.5) is 4.79 Å². The van der Waals surface area contributed by atoms with E-state index < -0.39 is 5.60 Å². The molecule has 2 atom stereocenters. The topological polar surface area (TPSA) is 77.5 Å². The molecule has 7 heteroatoms. The number of amides is 1. The molecule has 2 aliphatic rings. The van der Waals surface area contributed by atoms with Crippen molar-refractivity contribution in [1.82, 2.24) is 4.90 Å². The number of carbonyl (C=O) groups is 1. The third-order valence-corrected chi connectivity index (χ3v) is 6.63. The lowest BCUT2D eigenvalue weighted by molar-refractivity contribution is -0.0898. The fourth-order valence-corrected chi connectivity index (χ4v) is 5.11. The van der Waals surface area contributed by atoms with Crippen molar-refractivity contribution in [2.75, 3.05) is 21.3 Å². The minimum atomic E-state index is -1.10. The number of carbonyl (C=O) groups excluding carboxylic acids is 1. The van der Waals surface area contributed by atoms with Gasteiger partial charge in [-0.25, -0.2) is 4.79 Å². The zero-order valence-electron chi connectivity index (χ0n) is 18.9. The van der Waals surface area contributed by atoms with E-state index >= 15 is 0 Å². The van der Waals surface area contributed by atoms with Gasteiger partial charge in [0.1, 0.15) is 6.61 Å². The number of piperidine rings is 2. The third-order valence-electron chi connectivity index (χ3n) is 6.63. The van der Waals surface area contributed by atoms with Gasteiger partial charge in [-0.2, -0.15) is 0 Å². The first-order chi connectivity index (χ1) is 15.5. The molecule has 0 aromatic heterocycles. The van der Waals surface area contributed by atoms with Crippen molar-refractivity contribution in [3.63, 3.8) is 0 Å². The third kappa shape index (κ3) is 4.21. The van der Waals surface area contributed by atoms with Crippen LogP contribution in [0.25, 0.3) is 0 Å². The van der Waals surface area contributed by atoms with Crippen LogP contribution in [0, 0.1) is 0 Å². The number of aliphatic hydroxyl groups is 1. The Morgan fingerprint density at radius 2 is 1.59 bits per heavy atom. The van der Waals surface area contributed by atoms with E-state index in [1.165, 1.54) is 0 Å². The van der Waals surface area contributed by atoms with Gasteiger partial charge in [0, 0.05) is 24.9 Å². The van der Waals surface area contributed by atoms with Crippen molar-refractivity contribution in [2.45, 2.75) is 56.4 Å². The Kier molecular flexibility index (Phi) is 6.46. The number of benzene rings is 2. The molecule has 7 nitrogen and oxygen atoms in total. The second-order valence-electron chi connectivity index (χ2n) is 8.54. The zero-order valence-corrected chi connectivity index (χ0v) is 18.9. The average molecular weight is 442 g/mol. The molecule has 0 spiro atoms. The molecule has 2 aromatic carbocycles. The predicted molar refractivity (Wildman–Crippen MR) is 119 cm³/mol. The van der Waals surface area contributed by atoms with Gasteiger partial charge >= 0.3 is 6.09 Å². The maximum absolute atomic E-state index is 13.0. The summed E-state index contributed by atoms with van der Waals surface area (Å²) >= 11 is 0. The van der Waals surface area contributed by atoms with E-state index in [1.54, 1.807) is 33.5 Å². The number of ether oxygens (including phenoxy) is 4. The van der Waals surface area contributed by atoms with E-state index in [0.29, 0.717) is 35.7 Å². The first-order valence-corrected chi connectivity index (χ1v) is 11.0. The minimum Gasteiger partial charge on any atom is -0.493 e. The largest absolute Gasteiger partial charge is 0.493 e. The van der Waals surface area contributed by atoms with Crippen molar-refractivity contribution in [1.29, 1.82) is 0 Å². The summed E-state index contributed by atoms with van der Waals surface area (Å²) in [6.07, 6.45) is 3.26. The average Bonchev–Trinajstić information content (AvgIpc) is 2.81. The van der Waals surface area contributed by atoms with Crippen LogP contribution in [0.1, 0.15) is 43.2 Å². The Bertz CT molecular complexity index is 908. The molecule has 0 aliphatic carbocycles. The highest BCUT2D eigenvalue weighted by Gasteiger charge is 2.49. The van der Waals surface area contributed by atoms with Crippen LogP contribution < -0.4 is 14.2 Å². The molecule has 2 aliphatic heterocycles. The first kappa shape index (κ1) is 22.3. The number of methoxy groups -OCH3 is 3. The summed E-state index contributed by atoms with van der Waals surface area (Å²) < 4.78 is 22.0. The van der Waals surface area contributed by atoms with E-state index in [2.05, 4.69) is 0 Å². The second-order valence-corrected chi connectivity index (χ2v) is 8.54. The van der Waals surface area contributed by atoms with Gasteiger partial charge in [-0.1, -0.05) is 30.3 Å². The summed E-state index contributed by atoms with van der Waals surface area (Å²) in [5.74, 6) is 1.50. The summed E-state index contributed by atoms with van der Waals surface area (Å²) in [6.45, 7) is 0.243. The number of hydrogen-bond acceptors (Lipinski definition) is 6. The molecule has 1 amide bonds. The Labute approximate surface area is 188 Å². The standard InChI is InChI=1S/C25H31NO6/c1-29-21-12-18(13-22(30-2)23(21)31-3)25(28)14-19-10-7-11-20(15-25)26(19)24(27)32-16-17-8-5-4-6-9-17/h4-6,8-9,12-13,19-20,28H,7,10-11,14-16H2,1-3H3. The summed E-state index contributed by atoms with van der Waals surface area (Å²) in [5.41, 5.74) is 0.567. The minimum absolute atomic E-state index is 0.0881. The van der Waals surface area contributed by atoms with Crippen molar-refractivity contribution >= 4 is 6.09 Å². The van der Waals surface area contributed by atoms with Crippen LogP contribution in [-0.4, -0.2) is 49.5 Å². The van der Waals surface area contributed by atoms with Gasteiger partial charge < -0.3 is 29.0 Å². The van der Waals surface area contributed by atoms with Crippen molar-refractivity contribution in [3.05, 3.63) is 53.6 Å². The first-order valence-electron chi connectivity index (χ1n) is 11.0. The molecule has 2 bridgehead atoms. The molecule has 2 unspecified atom stereocenters. The monoisotopic (exact) mass is 441 g/mol. The highest BCUT2D eigenvalue weighted by Crippen LogP contribution is 2.48. The van der Waals surface area contributed by atoms with Gasteiger partial charge in [0.2, 0.25) is 5.75 Å². The molecule has 1 N–H and O–H groups in total. The van der Waals surface area contributed by atoms with Crippen molar-refractivity contribution in [2.24, 2.45) is 0 Å². The van der Waals surface area contributed by atoms with Crippen LogP contribution in [0.5, 0.6) is 17.2 Å². The van der Waals surface area contributed by atoms with Gasteiger partial charge in [-0.3, -0.25) is 0 Å². The van der Waals surface area contributed by atoms with Crippen LogP contribution in [0.2, 0.25) is 0 Å². The van der Waals surface area contributed by atoms with Crippen LogP contribution in [0.15, 0.2) is 42.5 Å². The highest BCUT2D eigenvalue weighted by molar-refractivity contribution is 5.69. The number of fused-ring (bicyclic) bond motifs is 2. The Balaban J connectivity index is 1.55. The SMILES string of the molecule is COc1cc(C2(O)CC3CCCC(C2)N3C(=O)OCc2ccccc2)cc(OC)c1OC. The highest BCUT2D eigenvalue weighted by atomic mass is 16.6. The predicted octanol–water partition coefficient (Wildman–Crippen LogP) is 4.25. The molecule has 4 rings (SSSR count). The van der Waals surface area contributed by atoms with Crippen LogP contribution >= 0.6 is 0 Å². The maximum Gasteiger partial charge on any atom is 0.410 e. The van der Waals surface area contributed by atoms with Crippen molar-refractivity contribution < 1.29 is 28.8 Å². The van der Waals surface area contributed by atoms with E-state index in [0.717, 1.165) is 24.8 Å². The molecule has 2 aromatic rings. The zero-order chi connectivity index (χ0) is 22.7. The lowest BCUT2D eigenvalue weighted by atomic mass is 9.72. The fraction of sp³-hybridized carbons (Fsp3) is 0.480.